The molecule has 3 rings (SSSR count). The average molecular weight is 448 g/mol. The molecule has 0 fully saturated rings. The van der Waals surface area contributed by atoms with Crippen LogP contribution in [0, 0.1) is 0 Å². The quantitative estimate of drug-likeness (QED) is 0.516. The molecule has 146 valence electrons. The van der Waals surface area contributed by atoms with Crippen molar-refractivity contribution in [1.29, 1.82) is 0 Å². The largest absolute Gasteiger partial charge is 0.486 e. The lowest BCUT2D eigenvalue weighted by Gasteiger charge is -2.18. The topological polar surface area (TPSA) is 90.9 Å². The Morgan fingerprint density at radius 1 is 1.00 bits per heavy atom. The summed E-state index contributed by atoms with van der Waals surface area (Å²) in [5, 5.41) is 2.63. The molecule has 7 nitrogen and oxygen atoms in total. The summed E-state index contributed by atoms with van der Waals surface area (Å²) < 4.78 is 16.5. The fraction of sp³-hybridized carbons (Fsp3) is 0.250. The summed E-state index contributed by atoms with van der Waals surface area (Å²) in [6.45, 7) is 0.484. The summed E-state index contributed by atoms with van der Waals surface area (Å²) in [5.41, 5.74) is 1.01. The normalized spacial score (nSPS) is 12.2. The van der Waals surface area contributed by atoms with Crippen LogP contribution in [0.5, 0.6) is 11.5 Å². The Hall–Kier alpha value is -2.87. The van der Waals surface area contributed by atoms with Gasteiger partial charge in [-0.2, -0.15) is 0 Å². The van der Waals surface area contributed by atoms with E-state index in [-0.39, 0.29) is 18.6 Å². The molecule has 1 aliphatic heterocycles. The van der Waals surface area contributed by atoms with Gasteiger partial charge in [-0.05, 0) is 46.3 Å². The lowest BCUT2D eigenvalue weighted by atomic mass is 10.1. The Morgan fingerprint density at radius 2 is 1.75 bits per heavy atom. The minimum atomic E-state index is -0.617. The summed E-state index contributed by atoms with van der Waals surface area (Å²) in [6, 6.07) is 12.0. The maximum absolute atomic E-state index is 12.3. The molecule has 2 aromatic rings. The van der Waals surface area contributed by atoms with Crippen molar-refractivity contribution in [3.05, 3.63) is 52.5 Å². The molecule has 0 unspecified atom stereocenters. The van der Waals surface area contributed by atoms with Crippen LogP contribution in [0.1, 0.15) is 23.2 Å². The molecule has 0 aliphatic carbocycles. The van der Waals surface area contributed by atoms with E-state index in [1.54, 1.807) is 36.4 Å². The molecule has 1 heterocycles. The lowest BCUT2D eigenvalue weighted by molar-refractivity contribution is -0.147. The molecular weight excluding hydrogens is 430 g/mol. The van der Waals surface area contributed by atoms with Crippen molar-refractivity contribution in [3.63, 3.8) is 0 Å². The third-order valence-corrected chi connectivity index (χ3v) is 4.62. The van der Waals surface area contributed by atoms with Gasteiger partial charge >= 0.3 is 5.97 Å². The van der Waals surface area contributed by atoms with E-state index in [0.29, 0.717) is 36.0 Å². The Bertz CT molecular complexity index is 898. The highest BCUT2D eigenvalue weighted by Gasteiger charge is 2.16. The van der Waals surface area contributed by atoms with Crippen LogP contribution in [-0.4, -0.2) is 37.5 Å². The minimum absolute atomic E-state index is 0.0235. The monoisotopic (exact) mass is 447 g/mol. The van der Waals surface area contributed by atoms with Gasteiger partial charge < -0.3 is 19.5 Å². The maximum Gasteiger partial charge on any atom is 0.306 e. The maximum atomic E-state index is 12.3. The molecule has 1 N–H and O–H groups in total. The van der Waals surface area contributed by atoms with Gasteiger partial charge in [-0.3, -0.25) is 14.4 Å². The summed E-state index contributed by atoms with van der Waals surface area (Å²) in [7, 11) is 0. The second kappa shape index (κ2) is 9.36. The second-order valence-corrected chi connectivity index (χ2v) is 6.82. The number of halogens is 1. The molecule has 0 bridgehead atoms. The van der Waals surface area contributed by atoms with Gasteiger partial charge in [0.15, 0.2) is 23.9 Å². The molecule has 2 aromatic carbocycles. The van der Waals surface area contributed by atoms with Gasteiger partial charge in [-0.25, -0.2) is 0 Å². The van der Waals surface area contributed by atoms with Gasteiger partial charge in [0, 0.05) is 16.5 Å². The third-order valence-electron chi connectivity index (χ3n) is 3.93. The van der Waals surface area contributed by atoms with Crippen LogP contribution >= 0.6 is 15.9 Å². The minimum Gasteiger partial charge on any atom is -0.486 e. The number of esters is 1. The fourth-order valence-corrected chi connectivity index (χ4v) is 2.93. The lowest BCUT2D eigenvalue weighted by Crippen LogP contribution is -2.21. The van der Waals surface area contributed by atoms with Gasteiger partial charge in [0.1, 0.15) is 13.2 Å². The van der Waals surface area contributed by atoms with Crippen molar-refractivity contribution in [2.75, 3.05) is 25.1 Å². The van der Waals surface area contributed by atoms with E-state index in [1.807, 2.05) is 6.07 Å². The van der Waals surface area contributed by atoms with E-state index in [9.17, 15) is 14.4 Å². The molecule has 0 radical (unpaired) electrons. The van der Waals surface area contributed by atoms with E-state index in [2.05, 4.69) is 21.2 Å². The van der Waals surface area contributed by atoms with Gasteiger partial charge in [0.2, 0.25) is 0 Å². The molecule has 0 aromatic heterocycles. The van der Waals surface area contributed by atoms with Gasteiger partial charge in [0.25, 0.3) is 5.91 Å². The predicted octanol–water partition coefficient (Wildman–Crippen LogP) is 3.37. The van der Waals surface area contributed by atoms with E-state index < -0.39 is 18.5 Å². The highest BCUT2D eigenvalue weighted by atomic mass is 79.9. The van der Waals surface area contributed by atoms with Crippen LogP contribution in [0.2, 0.25) is 0 Å². The number of nitrogens with one attached hydrogen (secondary N) is 1. The van der Waals surface area contributed by atoms with E-state index in [0.717, 1.165) is 4.47 Å². The number of carbonyl (C=O) groups is 3. The number of rotatable bonds is 7. The van der Waals surface area contributed by atoms with Crippen molar-refractivity contribution in [3.8, 4) is 11.5 Å². The SMILES string of the molecule is O=C(COC(=O)CCC(=O)c1ccc2c(c1)OCCO2)Nc1ccccc1Br. The van der Waals surface area contributed by atoms with Crippen LogP contribution in [0.25, 0.3) is 0 Å². The number of amides is 1. The standard InChI is InChI=1S/C20H18BrNO6/c21-14-3-1-2-4-15(14)22-19(24)12-28-20(25)8-6-16(23)13-5-7-17-18(11-13)27-10-9-26-17/h1-5,7,11H,6,8-10,12H2,(H,22,24). The summed E-state index contributed by atoms with van der Waals surface area (Å²) in [5.74, 6) is -0.181. The number of hydrogen-bond acceptors (Lipinski definition) is 6. The number of fused-ring (bicyclic) bond motifs is 1. The van der Waals surface area contributed by atoms with Gasteiger partial charge in [-0.15, -0.1) is 0 Å². The summed E-state index contributed by atoms with van der Waals surface area (Å²) >= 11 is 3.31. The molecule has 0 saturated carbocycles. The first-order chi connectivity index (χ1) is 13.5. The number of para-hydroxylation sites is 1. The zero-order valence-corrected chi connectivity index (χ0v) is 16.5. The number of carbonyl (C=O) groups excluding carboxylic acids is 3. The van der Waals surface area contributed by atoms with Crippen LogP contribution in [-0.2, 0) is 14.3 Å². The van der Waals surface area contributed by atoms with Crippen molar-refractivity contribution in [2.45, 2.75) is 12.8 Å². The highest BCUT2D eigenvalue weighted by molar-refractivity contribution is 9.10. The number of ether oxygens (including phenoxy) is 3. The number of benzene rings is 2. The second-order valence-electron chi connectivity index (χ2n) is 5.97. The Labute approximate surface area is 170 Å². The number of hydrogen-bond donors (Lipinski definition) is 1. The zero-order valence-electron chi connectivity index (χ0n) is 14.9. The van der Waals surface area contributed by atoms with E-state index in [4.69, 9.17) is 14.2 Å². The first kappa shape index (κ1) is 19.9. The van der Waals surface area contributed by atoms with Crippen molar-refractivity contribution in [2.24, 2.45) is 0 Å². The first-order valence-electron chi connectivity index (χ1n) is 8.66. The first-order valence-corrected chi connectivity index (χ1v) is 9.45. The van der Waals surface area contributed by atoms with Crippen LogP contribution in [0.4, 0.5) is 5.69 Å². The van der Waals surface area contributed by atoms with Crippen molar-refractivity contribution >= 4 is 39.3 Å². The van der Waals surface area contributed by atoms with E-state index in [1.165, 1.54) is 0 Å². The molecule has 28 heavy (non-hydrogen) atoms. The smallest absolute Gasteiger partial charge is 0.306 e. The zero-order chi connectivity index (χ0) is 19.9. The summed E-state index contributed by atoms with van der Waals surface area (Å²) in [4.78, 5) is 36.0. The van der Waals surface area contributed by atoms with E-state index >= 15 is 0 Å². The van der Waals surface area contributed by atoms with Crippen LogP contribution < -0.4 is 14.8 Å². The van der Waals surface area contributed by atoms with Crippen LogP contribution in [0.15, 0.2) is 46.9 Å². The van der Waals surface area contributed by atoms with Gasteiger partial charge in [-0.1, -0.05) is 12.1 Å². The Balaban J connectivity index is 1.43. The number of ketones is 1. The van der Waals surface area contributed by atoms with Gasteiger partial charge in [0.05, 0.1) is 12.1 Å². The van der Waals surface area contributed by atoms with Crippen LogP contribution in [0.3, 0.4) is 0 Å². The molecule has 1 amide bonds. The molecule has 0 atom stereocenters. The summed E-state index contributed by atoms with van der Waals surface area (Å²) in [6.07, 6.45) is -0.139. The predicted molar refractivity (Wildman–Crippen MR) is 105 cm³/mol. The molecule has 0 saturated heterocycles. The third kappa shape index (κ3) is 5.32. The molecular formula is C20H18BrNO6. The number of anilines is 1. The number of Topliss-reactive ketones (excluding diaryl/α,β-unsaturated/α-hetero) is 1. The Kier molecular flexibility index (Phi) is 6.65. The van der Waals surface area contributed by atoms with Crippen molar-refractivity contribution < 1.29 is 28.6 Å². The van der Waals surface area contributed by atoms with Crippen molar-refractivity contribution in [1.82, 2.24) is 0 Å². The average Bonchev–Trinajstić information content (AvgIpc) is 2.71. The Morgan fingerprint density at radius 3 is 2.54 bits per heavy atom. The fourth-order valence-electron chi connectivity index (χ4n) is 2.54. The molecule has 0 spiro atoms. The molecule has 8 heteroatoms. The highest BCUT2D eigenvalue weighted by Crippen LogP contribution is 2.31. The molecule has 1 aliphatic rings.